The van der Waals surface area contributed by atoms with Crippen molar-refractivity contribution in [3.05, 3.63) is 84.4 Å². The molecule has 0 atom stereocenters. The maximum absolute atomic E-state index is 11.7. The lowest BCUT2D eigenvalue weighted by Gasteiger charge is -2.07. The van der Waals surface area contributed by atoms with Crippen LogP contribution in [0, 0.1) is 6.92 Å². The van der Waals surface area contributed by atoms with Crippen molar-refractivity contribution >= 4 is 43.6 Å². The lowest BCUT2D eigenvalue weighted by atomic mass is 10.1. The van der Waals surface area contributed by atoms with Crippen molar-refractivity contribution in [3.63, 3.8) is 0 Å². The minimum atomic E-state index is -4.41. The molecule has 0 fully saturated rings. The standard InChI is InChI=1S/C23H18N4O4S/c1-15-13-17(28)7-10-21(15)25-27-22-11-12-23(26-24-16-5-3-2-4-6-16)20-14-18(32(29,30)31)8-9-19(20)22/h2-14,28H,1H3,(H,29,30,31). The van der Waals surface area contributed by atoms with Crippen molar-refractivity contribution in [3.8, 4) is 5.75 Å². The van der Waals surface area contributed by atoms with Gasteiger partial charge in [-0.1, -0.05) is 24.3 Å². The molecule has 0 heterocycles. The summed E-state index contributed by atoms with van der Waals surface area (Å²) in [6.45, 7) is 1.80. The number of nitrogens with zero attached hydrogens (tertiary/aromatic N) is 4. The second-order valence-electron chi connectivity index (χ2n) is 6.99. The molecule has 2 N–H and O–H groups in total. The Balaban J connectivity index is 1.83. The molecule has 4 rings (SSSR count). The summed E-state index contributed by atoms with van der Waals surface area (Å²) < 4.78 is 32.8. The van der Waals surface area contributed by atoms with Crippen molar-refractivity contribution in [1.29, 1.82) is 0 Å². The fraction of sp³-hybridized carbons (Fsp3) is 0.0435. The Morgan fingerprint density at radius 1 is 0.688 bits per heavy atom. The fourth-order valence-electron chi connectivity index (χ4n) is 3.10. The molecule has 0 aliphatic rings. The summed E-state index contributed by atoms with van der Waals surface area (Å²) in [4.78, 5) is -0.260. The molecule has 4 aromatic rings. The third-order valence-electron chi connectivity index (χ3n) is 4.72. The number of hydrogen-bond donors (Lipinski definition) is 2. The van der Waals surface area contributed by atoms with E-state index in [4.69, 9.17) is 0 Å². The van der Waals surface area contributed by atoms with Crippen molar-refractivity contribution in [2.75, 3.05) is 0 Å². The fourth-order valence-corrected chi connectivity index (χ4v) is 3.60. The number of aryl methyl sites for hydroxylation is 1. The highest BCUT2D eigenvalue weighted by Gasteiger charge is 2.14. The second-order valence-corrected chi connectivity index (χ2v) is 8.41. The predicted octanol–water partition coefficient (Wildman–Crippen LogP) is 6.93. The van der Waals surface area contributed by atoms with Gasteiger partial charge in [0.05, 0.1) is 27.6 Å². The quantitative estimate of drug-likeness (QED) is 0.255. The van der Waals surface area contributed by atoms with E-state index in [9.17, 15) is 18.1 Å². The number of rotatable bonds is 5. The average Bonchev–Trinajstić information content (AvgIpc) is 2.77. The van der Waals surface area contributed by atoms with Gasteiger partial charge in [0.25, 0.3) is 10.1 Å². The Hall–Kier alpha value is -3.95. The Kier molecular flexibility index (Phi) is 5.76. The van der Waals surface area contributed by atoms with Gasteiger partial charge in [0.15, 0.2) is 0 Å². The van der Waals surface area contributed by atoms with Crippen LogP contribution in [0.3, 0.4) is 0 Å². The maximum atomic E-state index is 11.7. The van der Waals surface area contributed by atoms with Gasteiger partial charge >= 0.3 is 0 Å². The molecule has 0 amide bonds. The molecular formula is C23H18N4O4S. The van der Waals surface area contributed by atoms with Crippen LogP contribution in [0.2, 0.25) is 0 Å². The van der Waals surface area contributed by atoms with Gasteiger partial charge in [-0.3, -0.25) is 4.55 Å². The molecular weight excluding hydrogens is 428 g/mol. The first-order valence-corrected chi connectivity index (χ1v) is 11.0. The normalized spacial score (nSPS) is 12.2. The average molecular weight is 446 g/mol. The minimum Gasteiger partial charge on any atom is -0.508 e. The molecule has 0 saturated carbocycles. The van der Waals surface area contributed by atoms with Crippen LogP contribution in [0.15, 0.2) is 104 Å². The van der Waals surface area contributed by atoms with E-state index in [1.165, 1.54) is 24.3 Å². The smallest absolute Gasteiger partial charge is 0.294 e. The van der Waals surface area contributed by atoms with E-state index in [-0.39, 0.29) is 10.6 Å². The van der Waals surface area contributed by atoms with Crippen LogP contribution in [0.1, 0.15) is 5.56 Å². The summed E-state index contributed by atoms with van der Waals surface area (Å²) in [5.41, 5.74) is 2.86. The molecule has 0 bridgehead atoms. The van der Waals surface area contributed by atoms with Crippen LogP contribution in [-0.2, 0) is 10.1 Å². The molecule has 0 unspecified atom stereocenters. The molecule has 0 aromatic heterocycles. The topological polar surface area (TPSA) is 124 Å². The monoisotopic (exact) mass is 446 g/mol. The summed E-state index contributed by atoms with van der Waals surface area (Å²) in [6, 6.07) is 21.4. The van der Waals surface area contributed by atoms with Crippen LogP contribution in [-0.4, -0.2) is 18.1 Å². The molecule has 0 saturated heterocycles. The third-order valence-corrected chi connectivity index (χ3v) is 5.56. The highest BCUT2D eigenvalue weighted by atomic mass is 32.2. The Morgan fingerprint density at radius 3 is 2.00 bits per heavy atom. The molecule has 0 radical (unpaired) electrons. The molecule has 0 aliphatic heterocycles. The van der Waals surface area contributed by atoms with E-state index in [1.807, 2.05) is 18.2 Å². The van der Waals surface area contributed by atoms with Gasteiger partial charge in [-0.05, 0) is 67.1 Å². The lowest BCUT2D eigenvalue weighted by Crippen LogP contribution is -1.97. The number of fused-ring (bicyclic) bond motifs is 1. The van der Waals surface area contributed by atoms with Crippen molar-refractivity contribution in [2.45, 2.75) is 11.8 Å². The first kappa shape index (κ1) is 21.3. The molecule has 4 aromatic carbocycles. The molecule has 160 valence electrons. The van der Waals surface area contributed by atoms with Gasteiger partial charge in [0, 0.05) is 10.8 Å². The molecule has 9 heteroatoms. The van der Waals surface area contributed by atoms with Gasteiger partial charge in [-0.15, -0.1) is 10.2 Å². The summed E-state index contributed by atoms with van der Waals surface area (Å²) in [5.74, 6) is 0.137. The van der Waals surface area contributed by atoms with Crippen LogP contribution in [0.25, 0.3) is 10.8 Å². The van der Waals surface area contributed by atoms with Crippen molar-refractivity contribution in [2.24, 2.45) is 20.5 Å². The molecule has 8 nitrogen and oxygen atoms in total. The van der Waals surface area contributed by atoms with E-state index >= 15 is 0 Å². The molecule has 0 spiro atoms. The zero-order valence-corrected chi connectivity index (χ0v) is 17.7. The van der Waals surface area contributed by atoms with Gasteiger partial charge in [0.2, 0.25) is 0 Å². The summed E-state index contributed by atoms with van der Waals surface area (Å²) in [5, 5.41) is 27.6. The largest absolute Gasteiger partial charge is 0.508 e. The predicted molar refractivity (Wildman–Crippen MR) is 121 cm³/mol. The van der Waals surface area contributed by atoms with Crippen LogP contribution in [0.5, 0.6) is 5.75 Å². The van der Waals surface area contributed by atoms with Gasteiger partial charge in [0.1, 0.15) is 5.75 Å². The highest BCUT2D eigenvalue weighted by Crippen LogP contribution is 2.37. The number of phenols is 1. The lowest BCUT2D eigenvalue weighted by molar-refractivity contribution is 0.475. The van der Waals surface area contributed by atoms with E-state index in [0.29, 0.717) is 33.5 Å². The van der Waals surface area contributed by atoms with Crippen molar-refractivity contribution in [1.82, 2.24) is 0 Å². The highest BCUT2D eigenvalue weighted by molar-refractivity contribution is 7.85. The van der Waals surface area contributed by atoms with Gasteiger partial charge in [-0.2, -0.15) is 18.6 Å². The number of benzene rings is 4. The van der Waals surface area contributed by atoms with Gasteiger partial charge < -0.3 is 5.11 Å². The first-order chi connectivity index (χ1) is 15.3. The Labute approximate surface area is 184 Å². The molecule has 32 heavy (non-hydrogen) atoms. The summed E-state index contributed by atoms with van der Waals surface area (Å²) in [6.07, 6.45) is 0. The minimum absolute atomic E-state index is 0.137. The third kappa shape index (κ3) is 4.69. The summed E-state index contributed by atoms with van der Waals surface area (Å²) in [7, 11) is -4.41. The second kappa shape index (κ2) is 8.66. The number of phenolic OH excluding ortho intramolecular Hbond substituents is 1. The zero-order valence-electron chi connectivity index (χ0n) is 16.9. The SMILES string of the molecule is Cc1cc(O)ccc1N=Nc1ccc(N=Nc2ccccc2)c2cc(S(=O)(=O)O)ccc12. The number of hydrogen-bond acceptors (Lipinski definition) is 7. The summed E-state index contributed by atoms with van der Waals surface area (Å²) >= 11 is 0. The van der Waals surface area contributed by atoms with Crippen LogP contribution >= 0.6 is 0 Å². The Morgan fingerprint density at radius 2 is 1.31 bits per heavy atom. The van der Waals surface area contributed by atoms with E-state index < -0.39 is 10.1 Å². The van der Waals surface area contributed by atoms with E-state index in [1.54, 1.807) is 43.3 Å². The van der Waals surface area contributed by atoms with Crippen LogP contribution in [0.4, 0.5) is 22.7 Å². The van der Waals surface area contributed by atoms with E-state index in [0.717, 1.165) is 5.56 Å². The van der Waals surface area contributed by atoms with E-state index in [2.05, 4.69) is 20.5 Å². The molecule has 0 aliphatic carbocycles. The number of azo groups is 2. The van der Waals surface area contributed by atoms with Crippen molar-refractivity contribution < 1.29 is 18.1 Å². The maximum Gasteiger partial charge on any atom is 0.294 e. The number of aromatic hydroxyl groups is 1. The zero-order chi connectivity index (χ0) is 22.7. The first-order valence-electron chi connectivity index (χ1n) is 9.54. The Bertz CT molecular complexity index is 1470. The van der Waals surface area contributed by atoms with Crippen LogP contribution < -0.4 is 0 Å². The van der Waals surface area contributed by atoms with Gasteiger partial charge in [-0.25, -0.2) is 0 Å².